The van der Waals surface area contributed by atoms with Crippen molar-refractivity contribution in [3.05, 3.63) is 53.9 Å². The van der Waals surface area contributed by atoms with Gasteiger partial charge in [-0.1, -0.05) is 12.1 Å². The Bertz CT molecular complexity index is 885. The van der Waals surface area contributed by atoms with Crippen LogP contribution in [0.15, 0.2) is 42.6 Å². The lowest BCUT2D eigenvalue weighted by Gasteiger charge is -2.26. The summed E-state index contributed by atoms with van der Waals surface area (Å²) in [6, 6.07) is 9.80. The number of benzene rings is 1. The SMILES string of the molecule is Cl.N=C(N)c1cccc(NC(C(=O)NCC(=O)NCCN2CCOCC2)c2ccc[nH]2)c1. The Kier molecular flexibility index (Phi) is 9.99. The number of nitrogens with one attached hydrogen (secondary N) is 5. The molecule has 10 nitrogen and oxygen atoms in total. The number of aromatic amines is 1. The number of amides is 2. The number of nitrogens with two attached hydrogens (primary N) is 1. The monoisotopic (exact) mass is 463 g/mol. The number of halogens is 1. The summed E-state index contributed by atoms with van der Waals surface area (Å²) in [5, 5.41) is 16.2. The van der Waals surface area contributed by atoms with Gasteiger partial charge in [0.1, 0.15) is 11.9 Å². The van der Waals surface area contributed by atoms with Gasteiger partial charge in [0.25, 0.3) is 0 Å². The molecule has 1 aromatic heterocycles. The molecule has 0 bridgehead atoms. The smallest absolute Gasteiger partial charge is 0.249 e. The molecule has 1 fully saturated rings. The third-order valence-corrected chi connectivity index (χ3v) is 4.96. The standard InChI is InChI=1S/C21H29N7O3.ClH/c22-20(23)15-3-1-4-16(13-15)27-19(17-5-2-6-24-17)21(30)26-14-18(29)25-7-8-28-9-11-31-12-10-28;/h1-6,13,19,24,27H,7-12,14H2,(H3,22,23)(H,25,29)(H,26,30);1H. The molecule has 0 saturated carbocycles. The number of hydrogen-bond acceptors (Lipinski definition) is 6. The van der Waals surface area contributed by atoms with E-state index in [0.717, 1.165) is 19.6 Å². The molecule has 2 aromatic rings. The Hall–Kier alpha value is -3.08. The van der Waals surface area contributed by atoms with E-state index in [1.165, 1.54) is 0 Å². The highest BCUT2D eigenvalue weighted by Crippen LogP contribution is 2.19. The minimum Gasteiger partial charge on any atom is -0.384 e. The average Bonchev–Trinajstić information content (AvgIpc) is 3.31. The molecule has 1 saturated heterocycles. The molecule has 2 heterocycles. The van der Waals surface area contributed by atoms with Crippen LogP contribution in [0.1, 0.15) is 17.3 Å². The van der Waals surface area contributed by atoms with Crippen LogP contribution in [0.3, 0.4) is 0 Å². The highest BCUT2D eigenvalue weighted by Gasteiger charge is 2.22. The molecule has 1 unspecified atom stereocenters. The van der Waals surface area contributed by atoms with Crippen LogP contribution in [-0.2, 0) is 14.3 Å². The maximum absolute atomic E-state index is 12.8. The summed E-state index contributed by atoms with van der Waals surface area (Å²) in [5.74, 6) is -0.650. The number of amidine groups is 1. The lowest BCUT2D eigenvalue weighted by molar-refractivity contribution is -0.126. The lowest BCUT2D eigenvalue weighted by atomic mass is 10.1. The predicted molar refractivity (Wildman–Crippen MR) is 125 cm³/mol. The molecule has 32 heavy (non-hydrogen) atoms. The average molecular weight is 464 g/mol. The minimum absolute atomic E-state index is 0. The number of rotatable bonds is 10. The Labute approximate surface area is 193 Å². The first-order valence-electron chi connectivity index (χ1n) is 10.2. The molecule has 7 N–H and O–H groups in total. The summed E-state index contributed by atoms with van der Waals surface area (Å²) in [6.45, 7) is 4.31. The number of nitrogen functional groups attached to an aromatic ring is 1. The van der Waals surface area contributed by atoms with Crippen molar-refractivity contribution >= 4 is 35.7 Å². The number of hydrogen-bond donors (Lipinski definition) is 6. The molecule has 0 aliphatic carbocycles. The minimum atomic E-state index is -0.738. The van der Waals surface area contributed by atoms with Crippen molar-refractivity contribution in [2.24, 2.45) is 5.73 Å². The van der Waals surface area contributed by atoms with Crippen LogP contribution in [0, 0.1) is 5.41 Å². The van der Waals surface area contributed by atoms with Crippen molar-refractivity contribution in [3.63, 3.8) is 0 Å². The van der Waals surface area contributed by atoms with E-state index >= 15 is 0 Å². The summed E-state index contributed by atoms with van der Waals surface area (Å²) in [7, 11) is 0. The number of aromatic nitrogens is 1. The second-order valence-electron chi connectivity index (χ2n) is 7.22. The first kappa shape index (κ1) is 25.2. The Morgan fingerprint density at radius 3 is 2.66 bits per heavy atom. The fourth-order valence-corrected chi connectivity index (χ4v) is 3.26. The van der Waals surface area contributed by atoms with Crippen LogP contribution >= 0.6 is 12.4 Å². The molecular weight excluding hydrogens is 434 g/mol. The van der Waals surface area contributed by atoms with Gasteiger partial charge in [-0.2, -0.15) is 0 Å². The van der Waals surface area contributed by atoms with E-state index in [4.69, 9.17) is 15.9 Å². The van der Waals surface area contributed by atoms with Gasteiger partial charge in [0.2, 0.25) is 11.8 Å². The van der Waals surface area contributed by atoms with Crippen LogP contribution in [0.2, 0.25) is 0 Å². The van der Waals surface area contributed by atoms with Gasteiger partial charge in [-0.15, -0.1) is 12.4 Å². The van der Waals surface area contributed by atoms with E-state index < -0.39 is 6.04 Å². The van der Waals surface area contributed by atoms with Gasteiger partial charge in [0, 0.05) is 49.3 Å². The van der Waals surface area contributed by atoms with E-state index in [2.05, 4.69) is 25.8 Å². The third-order valence-electron chi connectivity index (χ3n) is 4.96. The number of morpholine rings is 1. The van der Waals surface area contributed by atoms with Gasteiger partial charge >= 0.3 is 0 Å². The number of carbonyl (C=O) groups excluding carboxylic acids is 2. The summed E-state index contributed by atoms with van der Waals surface area (Å²) in [4.78, 5) is 30.2. The molecule has 0 radical (unpaired) electrons. The van der Waals surface area contributed by atoms with Gasteiger partial charge in [-0.05, 0) is 24.3 Å². The van der Waals surface area contributed by atoms with E-state index in [0.29, 0.717) is 36.7 Å². The molecule has 174 valence electrons. The normalized spacial score (nSPS) is 14.6. The molecule has 1 aliphatic heterocycles. The number of carbonyl (C=O) groups is 2. The van der Waals surface area contributed by atoms with Crippen molar-refractivity contribution in [1.82, 2.24) is 20.5 Å². The molecular formula is C21H30ClN7O3. The largest absolute Gasteiger partial charge is 0.384 e. The van der Waals surface area contributed by atoms with E-state index in [1.54, 1.807) is 42.6 Å². The first-order valence-corrected chi connectivity index (χ1v) is 10.2. The maximum atomic E-state index is 12.8. The summed E-state index contributed by atoms with van der Waals surface area (Å²) in [5.41, 5.74) is 7.39. The van der Waals surface area contributed by atoms with Gasteiger partial charge < -0.3 is 31.4 Å². The highest BCUT2D eigenvalue weighted by atomic mass is 35.5. The van der Waals surface area contributed by atoms with Crippen LogP contribution < -0.4 is 21.7 Å². The van der Waals surface area contributed by atoms with Crippen molar-refractivity contribution in [3.8, 4) is 0 Å². The first-order chi connectivity index (χ1) is 15.0. The van der Waals surface area contributed by atoms with Crippen LogP contribution in [0.25, 0.3) is 0 Å². The predicted octanol–water partition coefficient (Wildman–Crippen LogP) is 0.438. The van der Waals surface area contributed by atoms with Crippen molar-refractivity contribution in [2.75, 3.05) is 51.3 Å². The summed E-state index contributed by atoms with van der Waals surface area (Å²) < 4.78 is 5.30. The Morgan fingerprint density at radius 2 is 1.97 bits per heavy atom. The van der Waals surface area contributed by atoms with Crippen molar-refractivity contribution in [1.29, 1.82) is 5.41 Å². The molecule has 1 aliphatic rings. The van der Waals surface area contributed by atoms with E-state index in [1.807, 2.05) is 0 Å². The topological polar surface area (TPSA) is 148 Å². The zero-order valence-corrected chi connectivity index (χ0v) is 18.5. The second-order valence-corrected chi connectivity index (χ2v) is 7.22. The zero-order valence-electron chi connectivity index (χ0n) is 17.7. The lowest BCUT2D eigenvalue weighted by Crippen LogP contribution is -2.44. The fraction of sp³-hybridized carbons (Fsp3) is 0.381. The molecule has 1 aromatic carbocycles. The number of ether oxygens (including phenoxy) is 1. The molecule has 3 rings (SSSR count). The van der Waals surface area contributed by atoms with Gasteiger partial charge in [0.15, 0.2) is 0 Å². The second kappa shape index (κ2) is 12.7. The van der Waals surface area contributed by atoms with Crippen LogP contribution in [0.4, 0.5) is 5.69 Å². The van der Waals surface area contributed by atoms with Gasteiger partial charge in [-0.25, -0.2) is 0 Å². The van der Waals surface area contributed by atoms with Crippen molar-refractivity contribution < 1.29 is 14.3 Å². The summed E-state index contributed by atoms with van der Waals surface area (Å²) >= 11 is 0. The van der Waals surface area contributed by atoms with E-state index in [9.17, 15) is 9.59 Å². The zero-order chi connectivity index (χ0) is 22.1. The maximum Gasteiger partial charge on any atom is 0.249 e. The molecule has 1 atom stereocenters. The summed E-state index contributed by atoms with van der Waals surface area (Å²) in [6.07, 6.45) is 1.72. The van der Waals surface area contributed by atoms with Crippen LogP contribution in [0.5, 0.6) is 0 Å². The van der Waals surface area contributed by atoms with Crippen molar-refractivity contribution in [2.45, 2.75) is 6.04 Å². The van der Waals surface area contributed by atoms with Crippen LogP contribution in [-0.4, -0.2) is 73.5 Å². The fourth-order valence-electron chi connectivity index (χ4n) is 3.26. The molecule has 0 spiro atoms. The number of nitrogens with zero attached hydrogens (tertiary/aromatic N) is 1. The van der Waals surface area contributed by atoms with E-state index in [-0.39, 0.29) is 36.6 Å². The molecule has 11 heteroatoms. The Morgan fingerprint density at radius 1 is 1.19 bits per heavy atom. The number of H-pyrrole nitrogens is 1. The molecule has 2 amide bonds. The Balaban J connectivity index is 0.00000363. The quantitative estimate of drug-likeness (QED) is 0.222. The van der Waals surface area contributed by atoms with Gasteiger partial charge in [-0.3, -0.25) is 19.9 Å². The number of anilines is 1. The highest BCUT2D eigenvalue weighted by molar-refractivity contribution is 5.96. The van der Waals surface area contributed by atoms with Gasteiger partial charge in [0.05, 0.1) is 19.8 Å². The third kappa shape index (κ3) is 7.56.